The Labute approximate surface area is 139 Å². The molecule has 0 saturated heterocycles. The zero-order valence-electron chi connectivity index (χ0n) is 13.1. The molecule has 1 amide bonds. The molecular formula is C19H15N3O2. The Balaban J connectivity index is 1.79. The molecule has 1 atom stereocenters. The average molecular weight is 317 g/mol. The van der Waals surface area contributed by atoms with E-state index in [0.717, 1.165) is 21.9 Å². The monoisotopic (exact) mass is 317 g/mol. The quantitative estimate of drug-likeness (QED) is 0.727. The third kappa shape index (κ3) is 2.40. The number of nitrogens with zero attached hydrogens (tertiary/aromatic N) is 3. The third-order valence-electron chi connectivity index (χ3n) is 3.96. The number of hydrogen-bond donors (Lipinski definition) is 0. The van der Waals surface area contributed by atoms with Crippen molar-refractivity contribution >= 4 is 22.6 Å². The molecule has 5 nitrogen and oxygen atoms in total. The molecule has 5 heteroatoms. The van der Waals surface area contributed by atoms with Crippen molar-refractivity contribution in [3.8, 4) is 0 Å². The van der Waals surface area contributed by atoms with Gasteiger partial charge in [-0.3, -0.25) is 9.78 Å². The number of ether oxygens (including phenoxy) is 1. The predicted octanol–water partition coefficient (Wildman–Crippen LogP) is 3.47. The van der Waals surface area contributed by atoms with E-state index in [4.69, 9.17) is 4.74 Å². The molecule has 0 bridgehead atoms. The average Bonchev–Trinajstić information content (AvgIpc) is 3.07. The van der Waals surface area contributed by atoms with Crippen molar-refractivity contribution in [3.63, 3.8) is 0 Å². The molecule has 0 fully saturated rings. The van der Waals surface area contributed by atoms with Crippen LogP contribution in [0.3, 0.4) is 0 Å². The van der Waals surface area contributed by atoms with E-state index in [1.165, 1.54) is 11.9 Å². The molecule has 0 saturated carbocycles. The van der Waals surface area contributed by atoms with Crippen molar-refractivity contribution in [2.24, 2.45) is 5.10 Å². The minimum Gasteiger partial charge on any atom is -0.446 e. The molecule has 0 unspecified atom stereocenters. The lowest BCUT2D eigenvalue weighted by Crippen LogP contribution is -2.25. The number of aromatic nitrogens is 1. The van der Waals surface area contributed by atoms with Gasteiger partial charge in [-0.1, -0.05) is 42.5 Å². The van der Waals surface area contributed by atoms with Crippen molar-refractivity contribution in [2.45, 2.75) is 13.2 Å². The van der Waals surface area contributed by atoms with Crippen LogP contribution in [0.15, 0.2) is 72.1 Å². The van der Waals surface area contributed by atoms with Crippen LogP contribution < -0.4 is 0 Å². The van der Waals surface area contributed by atoms with E-state index in [0.29, 0.717) is 5.90 Å². The van der Waals surface area contributed by atoms with Gasteiger partial charge in [0.05, 0.1) is 0 Å². The lowest BCUT2D eigenvalue weighted by atomic mass is 10.0. The summed E-state index contributed by atoms with van der Waals surface area (Å²) in [4.78, 5) is 16.1. The van der Waals surface area contributed by atoms with Crippen LogP contribution in [0.1, 0.15) is 24.3 Å². The highest BCUT2D eigenvalue weighted by atomic mass is 16.5. The molecule has 2 aromatic carbocycles. The van der Waals surface area contributed by atoms with Crippen LogP contribution in [-0.2, 0) is 9.53 Å². The van der Waals surface area contributed by atoms with Gasteiger partial charge < -0.3 is 4.74 Å². The molecule has 1 aromatic heterocycles. The Morgan fingerprint density at radius 3 is 2.71 bits per heavy atom. The van der Waals surface area contributed by atoms with Gasteiger partial charge in [0.1, 0.15) is 0 Å². The Morgan fingerprint density at radius 1 is 1.08 bits per heavy atom. The van der Waals surface area contributed by atoms with E-state index >= 15 is 0 Å². The van der Waals surface area contributed by atoms with Crippen LogP contribution in [0.5, 0.6) is 0 Å². The fraction of sp³-hybridized carbons (Fsp3) is 0.105. The molecule has 1 aliphatic heterocycles. The van der Waals surface area contributed by atoms with E-state index in [1.54, 1.807) is 12.4 Å². The predicted molar refractivity (Wildman–Crippen MR) is 91.1 cm³/mol. The molecular weight excluding hydrogens is 302 g/mol. The molecule has 1 aliphatic rings. The largest absolute Gasteiger partial charge is 0.446 e. The molecule has 0 radical (unpaired) electrons. The summed E-state index contributed by atoms with van der Waals surface area (Å²) >= 11 is 0. The summed E-state index contributed by atoms with van der Waals surface area (Å²) in [5.41, 5.74) is 1.65. The van der Waals surface area contributed by atoms with E-state index in [2.05, 4.69) is 10.1 Å². The lowest BCUT2D eigenvalue weighted by Gasteiger charge is -2.18. The lowest BCUT2D eigenvalue weighted by molar-refractivity contribution is -0.135. The third-order valence-corrected chi connectivity index (χ3v) is 3.96. The van der Waals surface area contributed by atoms with Crippen LogP contribution in [0, 0.1) is 0 Å². The summed E-state index contributed by atoms with van der Waals surface area (Å²) in [6.07, 6.45) is 2.77. The normalized spacial score (nSPS) is 16.8. The van der Waals surface area contributed by atoms with E-state index in [-0.39, 0.29) is 5.91 Å². The second-order valence-electron chi connectivity index (χ2n) is 5.55. The molecule has 0 N–H and O–H groups in total. The van der Waals surface area contributed by atoms with Gasteiger partial charge in [0.15, 0.2) is 0 Å². The van der Waals surface area contributed by atoms with Gasteiger partial charge in [0.2, 0.25) is 18.0 Å². The van der Waals surface area contributed by atoms with Crippen molar-refractivity contribution in [1.29, 1.82) is 0 Å². The Morgan fingerprint density at radius 2 is 1.92 bits per heavy atom. The van der Waals surface area contributed by atoms with E-state index in [9.17, 15) is 4.79 Å². The van der Waals surface area contributed by atoms with E-state index in [1.807, 2.05) is 54.6 Å². The Bertz CT molecular complexity index is 932. The van der Waals surface area contributed by atoms with Crippen molar-refractivity contribution in [1.82, 2.24) is 9.99 Å². The van der Waals surface area contributed by atoms with Crippen LogP contribution in [0.4, 0.5) is 0 Å². The summed E-state index contributed by atoms with van der Waals surface area (Å²) < 4.78 is 6.03. The molecule has 0 aliphatic carbocycles. The van der Waals surface area contributed by atoms with Crippen LogP contribution in [0.2, 0.25) is 0 Å². The summed E-state index contributed by atoms with van der Waals surface area (Å²) in [6, 6.07) is 17.6. The molecule has 2 heterocycles. The van der Waals surface area contributed by atoms with Gasteiger partial charge in [0.25, 0.3) is 0 Å². The second-order valence-corrected chi connectivity index (χ2v) is 5.55. The van der Waals surface area contributed by atoms with Gasteiger partial charge in [-0.25, -0.2) is 0 Å². The molecule has 0 spiro atoms. The first-order valence-corrected chi connectivity index (χ1v) is 7.67. The zero-order valence-corrected chi connectivity index (χ0v) is 13.1. The maximum Gasteiger partial charge on any atom is 0.243 e. The van der Waals surface area contributed by atoms with Gasteiger partial charge in [-0.2, -0.15) is 5.01 Å². The van der Waals surface area contributed by atoms with Gasteiger partial charge >= 0.3 is 0 Å². The van der Waals surface area contributed by atoms with Crippen LogP contribution >= 0.6 is 0 Å². The number of carbonyl (C=O) groups excluding carboxylic acids is 1. The van der Waals surface area contributed by atoms with Crippen molar-refractivity contribution in [2.75, 3.05) is 0 Å². The highest BCUT2D eigenvalue weighted by Crippen LogP contribution is 2.31. The maximum atomic E-state index is 12.0. The summed E-state index contributed by atoms with van der Waals surface area (Å²) in [6.45, 7) is 1.47. The minimum absolute atomic E-state index is 0.181. The number of carbonyl (C=O) groups is 1. The number of benzene rings is 2. The first-order valence-electron chi connectivity index (χ1n) is 7.67. The highest BCUT2D eigenvalue weighted by Gasteiger charge is 2.33. The smallest absolute Gasteiger partial charge is 0.243 e. The SMILES string of the molecule is CC(=O)N1N=C(c2cccc3ccccc23)O[C@@H]1c1cccnc1. The van der Waals surface area contributed by atoms with Crippen molar-refractivity contribution in [3.05, 3.63) is 78.1 Å². The topological polar surface area (TPSA) is 54.8 Å². The Hall–Kier alpha value is -3.21. The zero-order chi connectivity index (χ0) is 16.5. The molecule has 118 valence electrons. The maximum absolute atomic E-state index is 12.0. The van der Waals surface area contributed by atoms with E-state index < -0.39 is 6.23 Å². The molecule has 3 aromatic rings. The first kappa shape index (κ1) is 14.4. The van der Waals surface area contributed by atoms with Gasteiger partial charge in [0, 0.05) is 30.4 Å². The molecule has 4 rings (SSSR count). The van der Waals surface area contributed by atoms with Gasteiger partial charge in [-0.15, -0.1) is 5.10 Å². The van der Waals surface area contributed by atoms with Gasteiger partial charge in [-0.05, 0) is 22.9 Å². The number of fused-ring (bicyclic) bond motifs is 1. The number of amides is 1. The Kier molecular flexibility index (Phi) is 3.46. The number of pyridine rings is 1. The van der Waals surface area contributed by atoms with Crippen LogP contribution in [-0.4, -0.2) is 21.8 Å². The molecule has 24 heavy (non-hydrogen) atoms. The van der Waals surface area contributed by atoms with Crippen LogP contribution in [0.25, 0.3) is 10.8 Å². The number of rotatable bonds is 2. The number of hydrazone groups is 1. The fourth-order valence-corrected chi connectivity index (χ4v) is 2.83. The summed E-state index contributed by atoms with van der Waals surface area (Å²) in [7, 11) is 0. The minimum atomic E-state index is -0.592. The fourth-order valence-electron chi connectivity index (χ4n) is 2.83. The standard InChI is InChI=1S/C19H15N3O2/c1-13(23)22-19(15-8-5-11-20-12-15)24-18(21-22)17-10-4-7-14-6-2-3-9-16(14)17/h2-12,19H,1H3/t19-/m1/s1. The van der Waals surface area contributed by atoms with Crippen molar-refractivity contribution < 1.29 is 9.53 Å². The number of hydrogen-bond acceptors (Lipinski definition) is 4. The summed E-state index contributed by atoms with van der Waals surface area (Å²) in [5, 5.41) is 7.91. The second kappa shape index (κ2) is 5.77. The first-order chi connectivity index (χ1) is 11.7. The highest BCUT2D eigenvalue weighted by molar-refractivity contribution is 6.07. The summed E-state index contributed by atoms with van der Waals surface area (Å²) in [5.74, 6) is 0.259.